The lowest BCUT2D eigenvalue weighted by atomic mass is 10.0. The van der Waals surface area contributed by atoms with E-state index in [-0.39, 0.29) is 17.3 Å². The van der Waals surface area contributed by atoms with Crippen LogP contribution in [0.4, 0.5) is 26.0 Å². The fourth-order valence-electron chi connectivity index (χ4n) is 3.77. The maximum Gasteiger partial charge on any atom is 0.284 e. The van der Waals surface area contributed by atoms with Crippen LogP contribution >= 0.6 is 11.6 Å². The Hall–Kier alpha value is -3.34. The zero-order chi connectivity index (χ0) is 26.4. The van der Waals surface area contributed by atoms with Crippen molar-refractivity contribution in [3.8, 4) is 5.75 Å². The summed E-state index contributed by atoms with van der Waals surface area (Å²) in [5.41, 5.74) is 1.32. The molecule has 1 saturated heterocycles. The van der Waals surface area contributed by atoms with Gasteiger partial charge in [-0.15, -0.1) is 0 Å². The Morgan fingerprint density at radius 2 is 2.03 bits per heavy atom. The van der Waals surface area contributed by atoms with E-state index in [1.165, 1.54) is 30.6 Å². The van der Waals surface area contributed by atoms with Gasteiger partial charge in [-0.05, 0) is 63.2 Å². The molecule has 8 nitrogen and oxygen atoms in total. The smallest absolute Gasteiger partial charge is 0.284 e. The van der Waals surface area contributed by atoms with Gasteiger partial charge in [-0.1, -0.05) is 11.6 Å². The Bertz CT molecular complexity index is 1300. The third-order valence-electron chi connectivity index (χ3n) is 5.84. The number of rotatable bonds is 9. The Labute approximate surface area is 218 Å². The third-order valence-corrected chi connectivity index (χ3v) is 6.12. The second kappa shape index (κ2) is 12.3. The normalized spacial score (nSPS) is 14.7. The molecule has 1 fully saturated rings. The molecular formula is C26H28ClF2N5O3. The number of carbonyl (C=O) groups is 1. The van der Waals surface area contributed by atoms with E-state index >= 15 is 0 Å². The molecule has 196 valence electrons. The van der Waals surface area contributed by atoms with Gasteiger partial charge in [-0.2, -0.15) is 0 Å². The summed E-state index contributed by atoms with van der Waals surface area (Å²) in [5, 5.41) is 6.21. The van der Waals surface area contributed by atoms with Gasteiger partial charge in [-0.3, -0.25) is 4.79 Å². The molecule has 0 bridgehead atoms. The van der Waals surface area contributed by atoms with Crippen molar-refractivity contribution in [2.75, 3.05) is 51.1 Å². The van der Waals surface area contributed by atoms with Gasteiger partial charge in [0.25, 0.3) is 5.91 Å². The maximum absolute atomic E-state index is 14.5. The molecule has 1 amide bonds. The van der Waals surface area contributed by atoms with Crippen LogP contribution in [0.3, 0.4) is 0 Å². The highest BCUT2D eigenvalue weighted by Gasteiger charge is 2.19. The topological polar surface area (TPSA) is 88.6 Å². The first kappa shape index (κ1) is 26.7. The predicted octanol–water partition coefficient (Wildman–Crippen LogP) is 5.32. The minimum absolute atomic E-state index is 0.0416. The van der Waals surface area contributed by atoms with Crippen LogP contribution in [0.2, 0.25) is 5.02 Å². The Kier molecular flexibility index (Phi) is 8.86. The Morgan fingerprint density at radius 1 is 1.24 bits per heavy atom. The van der Waals surface area contributed by atoms with Crippen LogP contribution in [-0.4, -0.2) is 61.2 Å². The number of ether oxygens (including phenoxy) is 2. The predicted molar refractivity (Wildman–Crippen MR) is 140 cm³/mol. The van der Waals surface area contributed by atoms with Crippen LogP contribution in [-0.2, 0) is 9.53 Å². The molecule has 2 N–H and O–H groups in total. The summed E-state index contributed by atoms with van der Waals surface area (Å²) in [7, 11) is 3.55. The van der Waals surface area contributed by atoms with Crippen LogP contribution in [0.15, 0.2) is 48.6 Å². The minimum Gasteiger partial charge on any atom is -0.491 e. The molecule has 4 rings (SSSR count). The number of hydrogen-bond acceptors (Lipinski definition) is 7. The lowest BCUT2D eigenvalue weighted by Crippen LogP contribution is -2.22. The molecule has 0 atom stereocenters. The standard InChI is InChI=1S/C26H28ClF2N5O3/c1-34(2)8-5-21(29)26(35)33-23-12-18-22(13-24(23)37-14-16-6-9-36-10-7-16)30-15-31-25(18)32-17-3-4-20(28)19(27)11-17/h3-5,11-13,15-16H,6-10,14H2,1-2H3,(H,33,35)(H,30,31,32)/b21-5-. The number of aromatic nitrogens is 2. The molecule has 37 heavy (non-hydrogen) atoms. The molecule has 0 unspecified atom stereocenters. The number of amides is 1. The van der Waals surface area contributed by atoms with Gasteiger partial charge in [0.05, 0.1) is 22.8 Å². The average molecular weight is 532 g/mol. The zero-order valence-electron chi connectivity index (χ0n) is 20.6. The second-order valence-corrected chi connectivity index (χ2v) is 9.38. The summed E-state index contributed by atoms with van der Waals surface area (Å²) in [6.45, 7) is 2.03. The van der Waals surface area contributed by atoms with Crippen molar-refractivity contribution >= 4 is 45.6 Å². The number of nitrogens with zero attached hydrogens (tertiary/aromatic N) is 3. The lowest BCUT2D eigenvalue weighted by molar-refractivity contribution is -0.114. The Morgan fingerprint density at radius 3 is 2.76 bits per heavy atom. The number of anilines is 3. The van der Waals surface area contributed by atoms with Gasteiger partial charge in [0.1, 0.15) is 23.7 Å². The van der Waals surface area contributed by atoms with Gasteiger partial charge in [0, 0.05) is 36.9 Å². The molecule has 2 aromatic carbocycles. The monoisotopic (exact) mass is 531 g/mol. The van der Waals surface area contributed by atoms with E-state index in [0.29, 0.717) is 53.9 Å². The van der Waals surface area contributed by atoms with E-state index in [1.54, 1.807) is 31.1 Å². The van der Waals surface area contributed by atoms with E-state index in [2.05, 4.69) is 20.6 Å². The van der Waals surface area contributed by atoms with E-state index in [1.807, 2.05) is 0 Å². The number of nitrogens with one attached hydrogen (secondary N) is 2. The van der Waals surface area contributed by atoms with Gasteiger partial charge in [-0.25, -0.2) is 18.7 Å². The molecule has 0 spiro atoms. The first-order chi connectivity index (χ1) is 17.8. The first-order valence-electron chi connectivity index (χ1n) is 11.8. The average Bonchev–Trinajstić information content (AvgIpc) is 2.89. The molecule has 2 heterocycles. The third kappa shape index (κ3) is 7.12. The number of carbonyl (C=O) groups excluding carboxylic acids is 1. The van der Waals surface area contributed by atoms with Crippen molar-refractivity contribution in [3.05, 3.63) is 59.4 Å². The van der Waals surface area contributed by atoms with Crippen molar-refractivity contribution in [1.82, 2.24) is 14.9 Å². The number of fused-ring (bicyclic) bond motifs is 1. The van der Waals surface area contributed by atoms with Crippen molar-refractivity contribution in [2.45, 2.75) is 12.8 Å². The molecule has 1 aliphatic heterocycles. The molecule has 0 saturated carbocycles. The highest BCUT2D eigenvalue weighted by atomic mass is 35.5. The van der Waals surface area contributed by atoms with Gasteiger partial charge >= 0.3 is 0 Å². The van der Waals surface area contributed by atoms with E-state index < -0.39 is 17.6 Å². The summed E-state index contributed by atoms with van der Waals surface area (Å²) in [5.74, 6) is -1.29. The van der Waals surface area contributed by atoms with Crippen molar-refractivity contribution in [3.63, 3.8) is 0 Å². The Balaban J connectivity index is 1.67. The van der Waals surface area contributed by atoms with Crippen molar-refractivity contribution < 1.29 is 23.0 Å². The fourth-order valence-corrected chi connectivity index (χ4v) is 3.95. The van der Waals surface area contributed by atoms with Crippen LogP contribution in [0, 0.1) is 11.7 Å². The SMILES string of the molecule is CN(C)C/C=C(\F)C(=O)Nc1cc2c(Nc3ccc(F)c(Cl)c3)ncnc2cc1OCC1CCOCC1. The maximum atomic E-state index is 14.5. The van der Waals surface area contributed by atoms with Crippen LogP contribution in [0.5, 0.6) is 5.75 Å². The fraction of sp³-hybridized carbons (Fsp3) is 0.346. The largest absolute Gasteiger partial charge is 0.491 e. The number of hydrogen-bond donors (Lipinski definition) is 2. The summed E-state index contributed by atoms with van der Waals surface area (Å²) >= 11 is 5.91. The number of halogens is 3. The minimum atomic E-state index is -0.909. The molecule has 1 aliphatic rings. The molecule has 11 heteroatoms. The van der Waals surface area contributed by atoms with Crippen LogP contribution < -0.4 is 15.4 Å². The van der Waals surface area contributed by atoms with Gasteiger partial charge in [0.15, 0.2) is 5.83 Å². The summed E-state index contributed by atoms with van der Waals surface area (Å²) in [6.07, 6.45) is 4.31. The lowest BCUT2D eigenvalue weighted by Gasteiger charge is -2.23. The molecule has 0 radical (unpaired) electrons. The molecular weight excluding hydrogens is 504 g/mol. The molecule has 3 aromatic rings. The summed E-state index contributed by atoms with van der Waals surface area (Å²) in [6, 6.07) is 7.50. The molecule has 1 aromatic heterocycles. The van der Waals surface area contributed by atoms with Gasteiger partial charge in [0.2, 0.25) is 0 Å². The number of likely N-dealkylation sites (N-methyl/N-ethyl adjacent to an activating group) is 1. The highest BCUT2D eigenvalue weighted by Crippen LogP contribution is 2.35. The summed E-state index contributed by atoms with van der Waals surface area (Å²) < 4.78 is 39.6. The van der Waals surface area contributed by atoms with E-state index in [4.69, 9.17) is 21.1 Å². The molecule has 0 aliphatic carbocycles. The van der Waals surface area contributed by atoms with Crippen molar-refractivity contribution in [1.29, 1.82) is 0 Å². The highest BCUT2D eigenvalue weighted by molar-refractivity contribution is 6.31. The summed E-state index contributed by atoms with van der Waals surface area (Å²) in [4.78, 5) is 23.0. The van der Waals surface area contributed by atoms with Gasteiger partial charge < -0.3 is 25.0 Å². The number of benzene rings is 2. The van der Waals surface area contributed by atoms with Crippen LogP contribution in [0.1, 0.15) is 12.8 Å². The van der Waals surface area contributed by atoms with Crippen molar-refractivity contribution in [2.24, 2.45) is 5.92 Å². The zero-order valence-corrected chi connectivity index (χ0v) is 21.3. The van der Waals surface area contributed by atoms with E-state index in [9.17, 15) is 13.6 Å². The second-order valence-electron chi connectivity index (χ2n) is 8.98. The quantitative estimate of drug-likeness (QED) is 0.361. The van der Waals surface area contributed by atoms with E-state index in [0.717, 1.165) is 12.8 Å². The van der Waals surface area contributed by atoms with Crippen LogP contribution in [0.25, 0.3) is 10.9 Å². The first-order valence-corrected chi connectivity index (χ1v) is 12.2.